The molecule has 7 nitrogen and oxygen atoms in total. The summed E-state index contributed by atoms with van der Waals surface area (Å²) in [5, 5.41) is 8.83. The predicted molar refractivity (Wildman–Crippen MR) is 102 cm³/mol. The van der Waals surface area contributed by atoms with Crippen molar-refractivity contribution in [3.05, 3.63) is 65.6 Å². The molecule has 3 aromatic rings. The summed E-state index contributed by atoms with van der Waals surface area (Å²) in [5.41, 5.74) is 5.68. The number of hydrogen-bond acceptors (Lipinski definition) is 4. The van der Waals surface area contributed by atoms with Crippen molar-refractivity contribution in [3.8, 4) is 0 Å². The monoisotopic (exact) mass is 376 g/mol. The zero-order chi connectivity index (χ0) is 19.3. The second-order valence-corrected chi connectivity index (χ2v) is 7.67. The number of imidazole rings is 1. The molecular weight excluding hydrogens is 356 g/mol. The molecule has 0 saturated carbocycles. The number of amides is 2. The highest BCUT2D eigenvalue weighted by Gasteiger charge is 2.48. The molecule has 5 rings (SSSR count). The van der Waals surface area contributed by atoms with Gasteiger partial charge in [0.2, 0.25) is 5.91 Å². The van der Waals surface area contributed by atoms with E-state index in [-0.39, 0.29) is 11.3 Å². The number of nitrogens with zero attached hydrogens (tertiary/aromatic N) is 3. The van der Waals surface area contributed by atoms with Gasteiger partial charge in [0.05, 0.1) is 11.1 Å². The van der Waals surface area contributed by atoms with E-state index in [0.29, 0.717) is 18.5 Å². The number of nitrogens with one attached hydrogen (secondary N) is 1. The van der Waals surface area contributed by atoms with Crippen LogP contribution in [0.3, 0.4) is 0 Å². The van der Waals surface area contributed by atoms with E-state index in [1.165, 1.54) is 0 Å². The third-order valence-corrected chi connectivity index (χ3v) is 6.17. The fraction of sp³-hybridized carbons (Fsp3) is 0.286. The quantitative estimate of drug-likeness (QED) is 0.531. The van der Waals surface area contributed by atoms with Crippen molar-refractivity contribution in [2.75, 3.05) is 11.4 Å². The van der Waals surface area contributed by atoms with Crippen molar-refractivity contribution >= 4 is 23.1 Å². The van der Waals surface area contributed by atoms with Crippen molar-refractivity contribution in [2.24, 2.45) is 5.41 Å². The van der Waals surface area contributed by atoms with Crippen molar-refractivity contribution in [1.82, 2.24) is 14.9 Å². The fourth-order valence-corrected chi connectivity index (χ4v) is 4.59. The molecule has 1 aliphatic carbocycles. The maximum Gasteiger partial charge on any atom is 0.274 e. The minimum atomic E-state index is -0.513. The highest BCUT2D eigenvalue weighted by atomic mass is 16.5. The highest BCUT2D eigenvalue weighted by molar-refractivity contribution is 6.00. The Kier molecular flexibility index (Phi) is 3.73. The predicted octanol–water partition coefficient (Wildman–Crippen LogP) is 2.37. The molecule has 28 heavy (non-hydrogen) atoms. The van der Waals surface area contributed by atoms with E-state index < -0.39 is 5.91 Å². The molecule has 2 N–H and O–H groups in total. The first-order chi connectivity index (χ1) is 13.6. The molecule has 2 aromatic heterocycles. The van der Waals surface area contributed by atoms with Gasteiger partial charge in [-0.05, 0) is 61.1 Å². The SMILES string of the molecule is O=C(NO)c1ccc2c(c1)CC[C@@]1(CCN(c3ccc4nccn4c3)C1=O)C2. The molecule has 2 amide bonds. The maximum absolute atomic E-state index is 13.4. The van der Waals surface area contributed by atoms with Gasteiger partial charge in [-0.2, -0.15) is 0 Å². The molecule has 0 bridgehead atoms. The van der Waals surface area contributed by atoms with Crippen LogP contribution in [0.25, 0.3) is 5.65 Å². The molecule has 0 unspecified atom stereocenters. The van der Waals surface area contributed by atoms with Gasteiger partial charge < -0.3 is 9.30 Å². The lowest BCUT2D eigenvalue weighted by atomic mass is 9.70. The lowest BCUT2D eigenvalue weighted by molar-refractivity contribution is -0.126. The Bertz CT molecular complexity index is 1110. The number of carbonyl (C=O) groups excluding carboxylic acids is 2. The summed E-state index contributed by atoms with van der Waals surface area (Å²) in [6, 6.07) is 9.31. The second-order valence-electron chi connectivity index (χ2n) is 7.67. The summed E-state index contributed by atoms with van der Waals surface area (Å²) < 4.78 is 1.93. The summed E-state index contributed by atoms with van der Waals surface area (Å²) in [6.07, 6.45) is 8.62. The van der Waals surface area contributed by atoms with Crippen molar-refractivity contribution in [2.45, 2.75) is 25.7 Å². The van der Waals surface area contributed by atoms with Crippen LogP contribution in [-0.2, 0) is 17.6 Å². The van der Waals surface area contributed by atoms with Crippen molar-refractivity contribution in [1.29, 1.82) is 0 Å². The summed E-state index contributed by atoms with van der Waals surface area (Å²) in [7, 11) is 0. The summed E-state index contributed by atoms with van der Waals surface area (Å²) >= 11 is 0. The zero-order valence-corrected chi connectivity index (χ0v) is 15.3. The smallest absolute Gasteiger partial charge is 0.274 e. The standard InChI is InChI=1S/C21H20N4O3/c26-19(23-28)15-1-2-16-12-21(6-5-14(16)11-15)7-9-25(20(21)27)17-3-4-18-22-8-10-24(18)13-17/h1-4,8,10-11,13,28H,5-7,9,12H2,(H,23,26)/t21-/m1/s1. The number of rotatable bonds is 2. The molecule has 7 heteroatoms. The van der Waals surface area contributed by atoms with Gasteiger partial charge in [-0.15, -0.1) is 0 Å². The molecule has 1 aliphatic heterocycles. The van der Waals surface area contributed by atoms with Crippen LogP contribution < -0.4 is 10.4 Å². The molecule has 3 heterocycles. The Morgan fingerprint density at radius 1 is 1.18 bits per heavy atom. The van der Waals surface area contributed by atoms with Gasteiger partial charge in [0.15, 0.2) is 0 Å². The maximum atomic E-state index is 13.4. The Labute approximate surface area is 161 Å². The molecule has 1 aromatic carbocycles. The van der Waals surface area contributed by atoms with Crippen molar-refractivity contribution in [3.63, 3.8) is 0 Å². The normalized spacial score (nSPS) is 21.3. The van der Waals surface area contributed by atoms with Crippen LogP contribution in [0.15, 0.2) is 48.9 Å². The molecule has 142 valence electrons. The van der Waals surface area contributed by atoms with Crippen LogP contribution >= 0.6 is 0 Å². The first-order valence-electron chi connectivity index (χ1n) is 9.41. The van der Waals surface area contributed by atoms with Gasteiger partial charge >= 0.3 is 0 Å². The molecule has 1 fully saturated rings. The van der Waals surface area contributed by atoms with E-state index >= 15 is 0 Å². The van der Waals surface area contributed by atoms with E-state index in [4.69, 9.17) is 5.21 Å². The van der Waals surface area contributed by atoms with Crippen LogP contribution in [0, 0.1) is 5.41 Å². The van der Waals surface area contributed by atoms with Crippen LogP contribution in [0.2, 0.25) is 0 Å². The lowest BCUT2D eigenvalue weighted by Crippen LogP contribution is -2.39. The minimum absolute atomic E-state index is 0.176. The Morgan fingerprint density at radius 3 is 2.93 bits per heavy atom. The number of fused-ring (bicyclic) bond motifs is 2. The molecule has 2 aliphatic rings. The Hall–Kier alpha value is -3.19. The third-order valence-electron chi connectivity index (χ3n) is 6.17. The molecule has 1 spiro atoms. The van der Waals surface area contributed by atoms with E-state index in [1.54, 1.807) is 17.7 Å². The highest BCUT2D eigenvalue weighted by Crippen LogP contribution is 2.45. The summed E-state index contributed by atoms with van der Waals surface area (Å²) in [4.78, 5) is 31.2. The molecule has 0 radical (unpaired) electrons. The number of benzene rings is 1. The second kappa shape index (κ2) is 6.17. The van der Waals surface area contributed by atoms with Crippen LogP contribution in [0.5, 0.6) is 0 Å². The Balaban J connectivity index is 1.42. The first-order valence-corrected chi connectivity index (χ1v) is 9.41. The Morgan fingerprint density at radius 2 is 2.07 bits per heavy atom. The molecule has 1 atom stereocenters. The minimum Gasteiger partial charge on any atom is -0.310 e. The van der Waals surface area contributed by atoms with Gasteiger partial charge in [0.1, 0.15) is 5.65 Å². The van der Waals surface area contributed by atoms with Crippen LogP contribution in [0.1, 0.15) is 34.3 Å². The number of aromatic nitrogens is 2. The van der Waals surface area contributed by atoms with E-state index in [9.17, 15) is 9.59 Å². The number of pyridine rings is 1. The van der Waals surface area contributed by atoms with Gasteiger partial charge in [0, 0.05) is 30.7 Å². The molecular formula is C21H20N4O3. The van der Waals surface area contributed by atoms with Crippen molar-refractivity contribution < 1.29 is 14.8 Å². The van der Waals surface area contributed by atoms with E-state index in [2.05, 4.69) is 4.98 Å². The lowest BCUT2D eigenvalue weighted by Gasteiger charge is -2.33. The number of carbonyl (C=O) groups is 2. The summed E-state index contributed by atoms with van der Waals surface area (Å²) in [6.45, 7) is 0.708. The van der Waals surface area contributed by atoms with Crippen LogP contribution in [0.4, 0.5) is 5.69 Å². The van der Waals surface area contributed by atoms with Gasteiger partial charge in [-0.3, -0.25) is 14.8 Å². The molecule has 1 saturated heterocycles. The zero-order valence-electron chi connectivity index (χ0n) is 15.3. The first kappa shape index (κ1) is 16.9. The average molecular weight is 376 g/mol. The third kappa shape index (κ3) is 2.51. The van der Waals surface area contributed by atoms with Gasteiger partial charge in [0.25, 0.3) is 5.91 Å². The van der Waals surface area contributed by atoms with Gasteiger partial charge in [-0.1, -0.05) is 6.07 Å². The van der Waals surface area contributed by atoms with Gasteiger partial charge in [-0.25, -0.2) is 10.5 Å². The van der Waals surface area contributed by atoms with E-state index in [1.807, 2.05) is 46.0 Å². The topological polar surface area (TPSA) is 86.9 Å². The fourth-order valence-electron chi connectivity index (χ4n) is 4.59. The number of hydrogen-bond donors (Lipinski definition) is 2. The number of aryl methyl sites for hydroxylation is 1. The largest absolute Gasteiger partial charge is 0.310 e. The van der Waals surface area contributed by atoms with Crippen LogP contribution in [-0.4, -0.2) is 33.0 Å². The number of hydroxylamine groups is 1. The van der Waals surface area contributed by atoms with E-state index in [0.717, 1.165) is 41.7 Å². The summed E-state index contributed by atoms with van der Waals surface area (Å²) in [5.74, 6) is -0.337. The average Bonchev–Trinajstić information content (AvgIpc) is 3.31. The number of anilines is 1.